The quantitative estimate of drug-likeness (QED) is 0.488. The molecule has 8 heteroatoms. The molecule has 0 bridgehead atoms. The molecule has 0 atom stereocenters. The Morgan fingerprint density at radius 1 is 1.11 bits per heavy atom. The highest BCUT2D eigenvalue weighted by atomic mass is 79.9. The van der Waals surface area contributed by atoms with E-state index in [2.05, 4.69) is 26.0 Å². The predicted molar refractivity (Wildman–Crippen MR) is 106 cm³/mol. The lowest BCUT2D eigenvalue weighted by atomic mass is 10.1. The van der Waals surface area contributed by atoms with E-state index < -0.39 is 5.56 Å². The molecule has 2 heterocycles. The minimum absolute atomic E-state index is 0.140. The molecule has 4 aromatic rings. The highest BCUT2D eigenvalue weighted by molar-refractivity contribution is 9.10. The van der Waals surface area contributed by atoms with Crippen molar-refractivity contribution in [3.63, 3.8) is 0 Å². The van der Waals surface area contributed by atoms with Crippen LogP contribution in [0.25, 0.3) is 11.0 Å². The largest absolute Gasteiger partial charge is 0.296 e. The summed E-state index contributed by atoms with van der Waals surface area (Å²) in [6.45, 7) is 0. The van der Waals surface area contributed by atoms with Crippen molar-refractivity contribution in [3.05, 3.63) is 101 Å². The third-order valence-corrected chi connectivity index (χ3v) is 5.61. The number of thiazole rings is 1. The molecule has 27 heavy (non-hydrogen) atoms. The van der Waals surface area contributed by atoms with Gasteiger partial charge in [0.15, 0.2) is 0 Å². The second kappa shape index (κ2) is 7.13. The smallest absolute Gasteiger partial charge is 0.266 e. The van der Waals surface area contributed by atoms with Crippen molar-refractivity contribution in [2.24, 2.45) is 0 Å². The van der Waals surface area contributed by atoms with Crippen LogP contribution < -0.4 is 15.7 Å². The van der Waals surface area contributed by atoms with Crippen LogP contribution in [-0.4, -0.2) is 14.6 Å². The average molecular weight is 444 g/mol. The Morgan fingerprint density at radius 3 is 2.59 bits per heavy atom. The zero-order valence-electron chi connectivity index (χ0n) is 13.7. The predicted octanol–water partition coefficient (Wildman–Crippen LogP) is 2.55. The third-order valence-electron chi connectivity index (χ3n) is 3.93. The summed E-state index contributed by atoms with van der Waals surface area (Å²) in [6.07, 6.45) is 1.91. The van der Waals surface area contributed by atoms with Crippen LogP contribution in [0, 0.1) is 5.82 Å². The first-order valence-electron chi connectivity index (χ1n) is 7.95. The van der Waals surface area contributed by atoms with Gasteiger partial charge in [-0.25, -0.2) is 4.39 Å². The van der Waals surface area contributed by atoms with Crippen molar-refractivity contribution in [1.29, 1.82) is 0 Å². The Balaban J connectivity index is 1.82. The zero-order chi connectivity index (χ0) is 19.0. The molecule has 0 amide bonds. The van der Waals surface area contributed by atoms with Crippen LogP contribution in [0.2, 0.25) is 0 Å². The molecular weight excluding hydrogens is 433 g/mol. The van der Waals surface area contributed by atoms with Gasteiger partial charge in [0.05, 0.1) is 4.53 Å². The van der Waals surface area contributed by atoms with Gasteiger partial charge in [0, 0.05) is 10.9 Å². The normalized spacial score (nSPS) is 12.0. The molecule has 4 rings (SSSR count). The topological polar surface area (TPSA) is 64.3 Å². The highest BCUT2D eigenvalue weighted by Gasteiger charge is 2.12. The standard InChI is InChI=1S/C19H11BrFN3O2S/c20-14-4-2-1-3-12(14)10-16-18(26)24-19(27-16)22-17(25)15(23-24)9-11-5-7-13(21)8-6-11/h1-8,10H,9H2. The van der Waals surface area contributed by atoms with E-state index in [1.165, 1.54) is 12.1 Å². The maximum atomic E-state index is 13.0. The fourth-order valence-electron chi connectivity index (χ4n) is 2.58. The van der Waals surface area contributed by atoms with Gasteiger partial charge in [0.25, 0.3) is 11.1 Å². The molecule has 0 saturated heterocycles. The summed E-state index contributed by atoms with van der Waals surface area (Å²) in [6, 6.07) is 13.3. The average Bonchev–Trinajstić information content (AvgIpc) is 2.94. The molecule has 2 aromatic carbocycles. The van der Waals surface area contributed by atoms with Crippen molar-refractivity contribution >= 4 is 38.3 Å². The Hall–Kier alpha value is -2.71. The minimum Gasteiger partial charge on any atom is -0.266 e. The van der Waals surface area contributed by atoms with E-state index in [9.17, 15) is 14.0 Å². The Bertz CT molecular complexity index is 1320. The lowest BCUT2D eigenvalue weighted by Crippen LogP contribution is -2.28. The minimum atomic E-state index is -0.493. The number of aromatic nitrogens is 3. The van der Waals surface area contributed by atoms with Crippen molar-refractivity contribution in [2.75, 3.05) is 0 Å². The number of halogens is 2. The van der Waals surface area contributed by atoms with Gasteiger partial charge < -0.3 is 0 Å². The van der Waals surface area contributed by atoms with Crippen LogP contribution in [0.15, 0.2) is 62.6 Å². The number of rotatable bonds is 3. The van der Waals surface area contributed by atoms with E-state index >= 15 is 0 Å². The van der Waals surface area contributed by atoms with E-state index in [1.54, 1.807) is 18.2 Å². The molecule has 5 nitrogen and oxygen atoms in total. The summed E-state index contributed by atoms with van der Waals surface area (Å²) in [4.78, 5) is 29.2. The number of hydrogen-bond donors (Lipinski definition) is 0. The first-order valence-corrected chi connectivity index (χ1v) is 9.56. The van der Waals surface area contributed by atoms with E-state index in [0.717, 1.165) is 25.9 Å². The molecule has 0 N–H and O–H groups in total. The van der Waals surface area contributed by atoms with Gasteiger partial charge in [-0.3, -0.25) is 9.59 Å². The van der Waals surface area contributed by atoms with Gasteiger partial charge in [-0.15, -0.1) is 0 Å². The van der Waals surface area contributed by atoms with Crippen molar-refractivity contribution in [3.8, 4) is 0 Å². The first kappa shape index (κ1) is 17.7. The lowest BCUT2D eigenvalue weighted by Gasteiger charge is -2.00. The highest BCUT2D eigenvalue weighted by Crippen LogP contribution is 2.16. The fraction of sp³-hybridized carbons (Fsp3) is 0.0526. The summed E-state index contributed by atoms with van der Waals surface area (Å²) >= 11 is 4.55. The van der Waals surface area contributed by atoms with E-state index in [-0.39, 0.29) is 28.5 Å². The van der Waals surface area contributed by atoms with Crippen LogP contribution in [0.4, 0.5) is 4.39 Å². The summed E-state index contributed by atoms with van der Waals surface area (Å²) in [5.74, 6) is -0.357. The fourth-order valence-corrected chi connectivity index (χ4v) is 3.88. The summed E-state index contributed by atoms with van der Waals surface area (Å²) < 4.78 is 15.5. The number of nitrogens with zero attached hydrogens (tertiary/aromatic N) is 3. The molecular formula is C19H11BrFN3O2S. The van der Waals surface area contributed by atoms with Gasteiger partial charge in [-0.1, -0.05) is 57.6 Å². The Morgan fingerprint density at radius 2 is 1.85 bits per heavy atom. The summed E-state index contributed by atoms with van der Waals surface area (Å²) in [5.41, 5.74) is 0.870. The molecule has 0 saturated carbocycles. The maximum absolute atomic E-state index is 13.0. The van der Waals surface area contributed by atoms with E-state index in [1.807, 2.05) is 24.3 Å². The van der Waals surface area contributed by atoms with Crippen molar-refractivity contribution in [2.45, 2.75) is 6.42 Å². The van der Waals surface area contributed by atoms with E-state index in [0.29, 0.717) is 10.1 Å². The lowest BCUT2D eigenvalue weighted by molar-refractivity contribution is 0.627. The van der Waals surface area contributed by atoms with Crippen LogP contribution in [0.1, 0.15) is 16.8 Å². The molecule has 0 aliphatic heterocycles. The number of hydrogen-bond acceptors (Lipinski definition) is 5. The van der Waals surface area contributed by atoms with E-state index in [4.69, 9.17) is 0 Å². The Labute approximate surface area is 164 Å². The molecule has 0 radical (unpaired) electrons. The molecule has 0 spiro atoms. The van der Waals surface area contributed by atoms with Gasteiger partial charge >= 0.3 is 0 Å². The molecule has 0 aliphatic rings. The van der Waals surface area contributed by atoms with Gasteiger partial charge in [0.2, 0.25) is 4.96 Å². The van der Waals surface area contributed by atoms with Crippen molar-refractivity contribution in [1.82, 2.24) is 14.6 Å². The number of fused-ring (bicyclic) bond motifs is 1. The van der Waals surface area contributed by atoms with Crippen LogP contribution in [-0.2, 0) is 6.42 Å². The second-order valence-corrected chi connectivity index (χ2v) is 7.66. The summed E-state index contributed by atoms with van der Waals surface area (Å²) in [7, 11) is 0. The molecule has 0 aliphatic carbocycles. The van der Waals surface area contributed by atoms with Crippen LogP contribution in [0.5, 0.6) is 0 Å². The molecule has 0 fully saturated rings. The summed E-state index contributed by atoms with van der Waals surface area (Å²) in [5, 5.41) is 4.19. The first-order chi connectivity index (χ1) is 13.0. The monoisotopic (exact) mass is 443 g/mol. The number of benzene rings is 2. The SMILES string of the molecule is O=c1nc2sc(=Cc3ccccc3Br)c(=O)n2nc1Cc1ccc(F)cc1. The maximum Gasteiger partial charge on any atom is 0.296 e. The second-order valence-electron chi connectivity index (χ2n) is 5.80. The van der Waals surface area contributed by atoms with Crippen LogP contribution in [0.3, 0.4) is 0 Å². The van der Waals surface area contributed by atoms with Gasteiger partial charge in [-0.2, -0.15) is 14.6 Å². The van der Waals surface area contributed by atoms with Crippen molar-refractivity contribution < 1.29 is 4.39 Å². The zero-order valence-corrected chi connectivity index (χ0v) is 16.1. The molecule has 134 valence electrons. The molecule has 0 unspecified atom stereocenters. The van der Waals surface area contributed by atoms with Gasteiger partial charge in [-0.05, 0) is 35.4 Å². The van der Waals surface area contributed by atoms with Crippen LogP contribution >= 0.6 is 27.3 Å². The third kappa shape index (κ3) is 3.58. The molecule has 2 aromatic heterocycles. The van der Waals surface area contributed by atoms with Gasteiger partial charge in [0.1, 0.15) is 11.5 Å². The Kier molecular flexibility index (Phi) is 4.67.